The number of hydrogen-bond donors (Lipinski definition) is 1. The van der Waals surface area contributed by atoms with Gasteiger partial charge in [-0.05, 0) is 31.2 Å². The zero-order chi connectivity index (χ0) is 17.2. The lowest BCUT2D eigenvalue weighted by Crippen LogP contribution is -2.36. The molecule has 0 aliphatic heterocycles. The summed E-state index contributed by atoms with van der Waals surface area (Å²) in [5.41, 5.74) is -1.26. The van der Waals surface area contributed by atoms with Gasteiger partial charge in [0.15, 0.2) is 0 Å². The normalized spacial score (nSPS) is 10.8. The van der Waals surface area contributed by atoms with E-state index in [9.17, 15) is 18.1 Å². The van der Waals surface area contributed by atoms with Crippen molar-refractivity contribution in [1.29, 1.82) is 5.26 Å². The third-order valence-electron chi connectivity index (χ3n) is 3.29. The fourth-order valence-electron chi connectivity index (χ4n) is 2.07. The maximum absolute atomic E-state index is 12.3. The Hall–Kier alpha value is -2.99. The summed E-state index contributed by atoms with van der Waals surface area (Å²) < 4.78 is 25.3. The van der Waals surface area contributed by atoms with Crippen LogP contribution in [-0.2, 0) is 10.0 Å². The first kappa shape index (κ1) is 16.4. The van der Waals surface area contributed by atoms with Crippen LogP contribution >= 0.6 is 0 Å². The zero-order valence-corrected chi connectivity index (χ0v) is 13.1. The Labute approximate surface area is 132 Å². The summed E-state index contributed by atoms with van der Waals surface area (Å²) in [6.45, 7) is 2.76. The average Bonchev–Trinajstić information content (AvgIpc) is 2.53. The molecule has 1 aromatic carbocycles. The second-order valence-corrected chi connectivity index (χ2v) is 6.35. The maximum atomic E-state index is 12.3. The van der Waals surface area contributed by atoms with Crippen molar-refractivity contribution in [2.45, 2.75) is 18.7 Å². The quantitative estimate of drug-likeness (QED) is 0.853. The van der Waals surface area contributed by atoms with Crippen LogP contribution in [-0.4, -0.2) is 13.1 Å². The zero-order valence-electron chi connectivity index (χ0n) is 12.3. The molecule has 1 N–H and O–H groups in total. The van der Waals surface area contributed by atoms with Crippen LogP contribution in [0.3, 0.4) is 0 Å². The third-order valence-corrected chi connectivity index (χ3v) is 4.61. The highest BCUT2D eigenvalue weighted by atomic mass is 32.2. The number of benzene rings is 1. The highest BCUT2D eigenvalue weighted by Crippen LogP contribution is 2.23. The standard InChI is InChI=1S/C14H12N4O4S/c1-9-12(8-15)14(19)18(10(2)13(9)16-20)17-23(21,22)11-6-4-3-5-7-11/h3-7,17H,1-2H3. The largest absolute Gasteiger partial charge is 0.288 e. The van der Waals surface area contributed by atoms with Crippen LogP contribution in [0.4, 0.5) is 5.69 Å². The van der Waals surface area contributed by atoms with Crippen molar-refractivity contribution in [3.63, 3.8) is 0 Å². The van der Waals surface area contributed by atoms with Gasteiger partial charge < -0.3 is 0 Å². The van der Waals surface area contributed by atoms with E-state index < -0.39 is 15.6 Å². The van der Waals surface area contributed by atoms with E-state index in [0.29, 0.717) is 4.68 Å². The molecule has 9 heteroatoms. The van der Waals surface area contributed by atoms with E-state index in [0.717, 1.165) is 0 Å². The highest BCUT2D eigenvalue weighted by molar-refractivity contribution is 7.92. The molecule has 0 saturated heterocycles. The Balaban J connectivity index is 2.69. The van der Waals surface area contributed by atoms with Crippen molar-refractivity contribution in [1.82, 2.24) is 4.68 Å². The Kier molecular flexibility index (Phi) is 4.29. The molecule has 0 radical (unpaired) electrons. The first-order chi connectivity index (χ1) is 10.8. The van der Waals surface area contributed by atoms with Crippen molar-refractivity contribution < 1.29 is 8.42 Å². The first-order valence-corrected chi connectivity index (χ1v) is 7.89. The van der Waals surface area contributed by atoms with Crippen LogP contribution < -0.4 is 10.4 Å². The number of rotatable bonds is 4. The SMILES string of the molecule is Cc1c(N=O)c(C)n(NS(=O)(=O)c2ccccc2)c(=O)c1C#N. The van der Waals surface area contributed by atoms with Gasteiger partial charge in [-0.1, -0.05) is 18.2 Å². The molecule has 2 aromatic rings. The second-order valence-electron chi connectivity index (χ2n) is 4.69. The van der Waals surface area contributed by atoms with Gasteiger partial charge in [-0.25, -0.2) is 9.51 Å². The highest BCUT2D eigenvalue weighted by Gasteiger charge is 2.21. The molecule has 0 bridgehead atoms. The second kappa shape index (κ2) is 6.02. The lowest BCUT2D eigenvalue weighted by molar-refractivity contribution is 0.593. The molecule has 0 fully saturated rings. The number of hydrogen-bond acceptors (Lipinski definition) is 6. The number of pyridine rings is 1. The Bertz CT molecular complexity index is 973. The van der Waals surface area contributed by atoms with Gasteiger partial charge in [-0.15, -0.1) is 4.91 Å². The van der Waals surface area contributed by atoms with Gasteiger partial charge in [0.05, 0.1) is 10.6 Å². The first-order valence-electron chi connectivity index (χ1n) is 6.41. The topological polar surface area (TPSA) is 121 Å². The van der Waals surface area contributed by atoms with E-state index in [1.54, 1.807) is 12.1 Å². The fourth-order valence-corrected chi connectivity index (χ4v) is 3.15. The number of nitroso groups, excluding NO2 is 1. The number of aromatic nitrogens is 1. The van der Waals surface area contributed by atoms with Crippen LogP contribution in [0.2, 0.25) is 0 Å². The molecule has 23 heavy (non-hydrogen) atoms. The summed E-state index contributed by atoms with van der Waals surface area (Å²) in [7, 11) is -4.06. The van der Waals surface area contributed by atoms with Gasteiger partial charge in [0, 0.05) is 5.56 Å². The van der Waals surface area contributed by atoms with Crippen LogP contribution in [0.1, 0.15) is 16.8 Å². The van der Waals surface area contributed by atoms with Gasteiger partial charge in [-0.2, -0.15) is 13.7 Å². The summed E-state index contributed by atoms with van der Waals surface area (Å²) in [6, 6.07) is 9.06. The van der Waals surface area contributed by atoms with Gasteiger partial charge in [-0.3, -0.25) is 4.79 Å². The van der Waals surface area contributed by atoms with Crippen molar-refractivity contribution in [2.24, 2.45) is 5.18 Å². The predicted molar refractivity (Wildman–Crippen MR) is 83.3 cm³/mol. The molecule has 0 unspecified atom stereocenters. The molecule has 1 aromatic heterocycles. The lowest BCUT2D eigenvalue weighted by atomic mass is 10.1. The minimum absolute atomic E-state index is 0.000932. The predicted octanol–water partition coefficient (Wildman–Crippen LogP) is 1.67. The van der Waals surface area contributed by atoms with Crippen LogP contribution in [0.15, 0.2) is 45.2 Å². The van der Waals surface area contributed by atoms with Crippen molar-refractivity contribution in [2.75, 3.05) is 4.83 Å². The smallest absolute Gasteiger partial charge is 0.266 e. The molecule has 8 nitrogen and oxygen atoms in total. The molecule has 0 saturated carbocycles. The van der Waals surface area contributed by atoms with Crippen molar-refractivity contribution in [3.8, 4) is 6.07 Å². The van der Waals surface area contributed by atoms with Gasteiger partial charge in [0.1, 0.15) is 17.3 Å². The molecule has 0 atom stereocenters. The number of nitrogens with one attached hydrogen (secondary N) is 1. The molecule has 2 rings (SSSR count). The number of nitrogens with zero attached hydrogens (tertiary/aromatic N) is 3. The summed E-state index contributed by atoms with van der Waals surface area (Å²) in [5.74, 6) is 0. The number of nitriles is 1. The van der Waals surface area contributed by atoms with E-state index >= 15 is 0 Å². The Morgan fingerprint density at radius 1 is 1.22 bits per heavy atom. The summed E-state index contributed by atoms with van der Waals surface area (Å²) in [6.07, 6.45) is 0. The molecular weight excluding hydrogens is 320 g/mol. The van der Waals surface area contributed by atoms with E-state index in [2.05, 4.69) is 10.0 Å². The fraction of sp³-hybridized carbons (Fsp3) is 0.143. The van der Waals surface area contributed by atoms with E-state index in [1.807, 2.05) is 0 Å². The summed E-state index contributed by atoms with van der Waals surface area (Å²) >= 11 is 0. The summed E-state index contributed by atoms with van der Waals surface area (Å²) in [4.78, 5) is 25.3. The van der Waals surface area contributed by atoms with Crippen LogP contribution in [0.5, 0.6) is 0 Å². The molecule has 1 heterocycles. The summed E-state index contributed by atoms with van der Waals surface area (Å²) in [5, 5.41) is 11.9. The molecule has 0 aliphatic rings. The van der Waals surface area contributed by atoms with Crippen molar-refractivity contribution in [3.05, 3.63) is 62.4 Å². The van der Waals surface area contributed by atoms with Gasteiger partial charge >= 0.3 is 0 Å². The van der Waals surface area contributed by atoms with E-state index in [-0.39, 0.29) is 27.4 Å². The van der Waals surface area contributed by atoms with E-state index in [4.69, 9.17) is 5.26 Å². The Morgan fingerprint density at radius 2 is 1.83 bits per heavy atom. The molecule has 0 aliphatic carbocycles. The van der Waals surface area contributed by atoms with Crippen LogP contribution in [0.25, 0.3) is 0 Å². The van der Waals surface area contributed by atoms with Crippen LogP contribution in [0, 0.1) is 30.1 Å². The minimum Gasteiger partial charge on any atom is -0.266 e. The molecular formula is C14H12N4O4S. The van der Waals surface area contributed by atoms with Crippen molar-refractivity contribution >= 4 is 15.7 Å². The van der Waals surface area contributed by atoms with Gasteiger partial charge in [0.25, 0.3) is 15.6 Å². The van der Waals surface area contributed by atoms with E-state index in [1.165, 1.54) is 38.1 Å². The van der Waals surface area contributed by atoms with Gasteiger partial charge in [0.2, 0.25) is 0 Å². The molecule has 0 spiro atoms. The molecule has 118 valence electrons. The Morgan fingerprint density at radius 3 is 2.35 bits per heavy atom. The third kappa shape index (κ3) is 2.84. The lowest BCUT2D eigenvalue weighted by Gasteiger charge is -2.15. The number of sulfonamides is 1. The maximum Gasteiger partial charge on any atom is 0.288 e. The minimum atomic E-state index is -4.06. The monoisotopic (exact) mass is 332 g/mol. The molecule has 0 amide bonds. The average molecular weight is 332 g/mol.